The number of likely N-dealkylation sites (N-methyl/N-ethyl adjacent to an activating group) is 1. The van der Waals surface area contributed by atoms with Gasteiger partial charge in [-0.15, -0.1) is 0 Å². The van der Waals surface area contributed by atoms with Gasteiger partial charge in [0.25, 0.3) is 0 Å². The van der Waals surface area contributed by atoms with Crippen molar-refractivity contribution in [2.24, 2.45) is 0 Å². The van der Waals surface area contributed by atoms with Crippen LogP contribution in [-0.4, -0.2) is 50.1 Å². The Morgan fingerprint density at radius 3 is 2.45 bits per heavy atom. The van der Waals surface area contributed by atoms with E-state index in [4.69, 9.17) is 4.74 Å². The van der Waals surface area contributed by atoms with Gasteiger partial charge in [0.05, 0.1) is 13.0 Å². The molecule has 1 rings (SSSR count). The summed E-state index contributed by atoms with van der Waals surface area (Å²) in [5.41, 5.74) is 0.914. The number of hydrogen-bond donors (Lipinski definition) is 1. The Kier molecular flexibility index (Phi) is 6.73. The first-order valence-electron chi connectivity index (χ1n) is 6.67. The van der Waals surface area contributed by atoms with Gasteiger partial charge in [0, 0.05) is 6.54 Å². The Labute approximate surface area is 119 Å². The summed E-state index contributed by atoms with van der Waals surface area (Å²) >= 11 is 0. The molecule has 0 aliphatic rings. The summed E-state index contributed by atoms with van der Waals surface area (Å²) in [7, 11) is 3.69. The molecule has 0 spiro atoms. The molecule has 1 amide bonds. The second kappa shape index (κ2) is 8.32. The molecule has 0 saturated carbocycles. The van der Waals surface area contributed by atoms with Gasteiger partial charge in [-0.3, -0.25) is 4.79 Å². The molecule has 20 heavy (non-hydrogen) atoms. The highest BCUT2D eigenvalue weighted by Gasteiger charge is 2.22. The highest BCUT2D eigenvalue weighted by molar-refractivity contribution is 5.85. The number of carbonyl (C=O) groups excluding carboxylic acids is 2. The Balaban J connectivity index is 2.59. The van der Waals surface area contributed by atoms with Crippen molar-refractivity contribution >= 4 is 11.9 Å². The Bertz CT molecular complexity index is 432. The zero-order chi connectivity index (χ0) is 15.0. The highest BCUT2D eigenvalue weighted by atomic mass is 16.5. The largest absolute Gasteiger partial charge is 0.464 e. The second-order valence-corrected chi connectivity index (χ2v) is 4.80. The summed E-state index contributed by atoms with van der Waals surface area (Å²) in [5.74, 6) is -0.585. The molecule has 1 N–H and O–H groups in total. The monoisotopic (exact) mass is 278 g/mol. The molecular weight excluding hydrogens is 256 g/mol. The standard InChI is InChI=1S/C15H22N2O3/c1-4-20-15(19)13(11-17(2)3)16-14(18)10-12-8-6-5-7-9-12/h5-9,13H,4,10-11H2,1-3H3,(H,16,18). The van der Waals surface area contributed by atoms with Crippen LogP contribution in [0.3, 0.4) is 0 Å². The lowest BCUT2D eigenvalue weighted by Crippen LogP contribution is -2.48. The number of nitrogens with zero attached hydrogens (tertiary/aromatic N) is 1. The summed E-state index contributed by atoms with van der Waals surface area (Å²) in [5, 5.41) is 2.73. The topological polar surface area (TPSA) is 58.6 Å². The maximum atomic E-state index is 12.0. The van der Waals surface area contributed by atoms with Crippen molar-refractivity contribution in [3.05, 3.63) is 35.9 Å². The molecule has 1 atom stereocenters. The minimum Gasteiger partial charge on any atom is -0.464 e. The Morgan fingerprint density at radius 1 is 1.25 bits per heavy atom. The lowest BCUT2D eigenvalue weighted by molar-refractivity contribution is -0.147. The first-order chi connectivity index (χ1) is 9.52. The summed E-state index contributed by atoms with van der Waals surface area (Å²) in [6.45, 7) is 2.47. The molecule has 1 aromatic carbocycles. The number of nitrogens with one attached hydrogen (secondary N) is 1. The molecule has 0 saturated heterocycles. The van der Waals surface area contributed by atoms with Gasteiger partial charge < -0.3 is 15.0 Å². The molecule has 1 aromatic rings. The first kappa shape index (κ1) is 16.2. The van der Waals surface area contributed by atoms with E-state index < -0.39 is 12.0 Å². The lowest BCUT2D eigenvalue weighted by atomic mass is 10.1. The van der Waals surface area contributed by atoms with Gasteiger partial charge in [-0.25, -0.2) is 4.79 Å². The van der Waals surface area contributed by atoms with Crippen LogP contribution in [0.1, 0.15) is 12.5 Å². The summed E-state index contributed by atoms with van der Waals surface area (Å²) in [4.78, 5) is 25.6. The average molecular weight is 278 g/mol. The van der Waals surface area contributed by atoms with Gasteiger partial charge in [0.15, 0.2) is 0 Å². The minimum absolute atomic E-state index is 0.184. The third-order valence-electron chi connectivity index (χ3n) is 2.66. The van der Waals surface area contributed by atoms with Gasteiger partial charge >= 0.3 is 5.97 Å². The van der Waals surface area contributed by atoms with Gasteiger partial charge in [-0.2, -0.15) is 0 Å². The number of hydrogen-bond acceptors (Lipinski definition) is 4. The van der Waals surface area contributed by atoms with Crippen molar-refractivity contribution in [2.75, 3.05) is 27.2 Å². The number of amides is 1. The smallest absolute Gasteiger partial charge is 0.329 e. The predicted octanol–water partition coefficient (Wildman–Crippen LogP) is 0.839. The van der Waals surface area contributed by atoms with Crippen LogP contribution in [0.25, 0.3) is 0 Å². The fourth-order valence-electron chi connectivity index (χ4n) is 1.81. The highest BCUT2D eigenvalue weighted by Crippen LogP contribution is 2.00. The Morgan fingerprint density at radius 2 is 1.90 bits per heavy atom. The van der Waals surface area contributed by atoms with Crippen molar-refractivity contribution in [1.29, 1.82) is 0 Å². The molecule has 0 aliphatic heterocycles. The van der Waals surface area contributed by atoms with Crippen molar-refractivity contribution in [1.82, 2.24) is 10.2 Å². The van der Waals surface area contributed by atoms with E-state index in [1.54, 1.807) is 6.92 Å². The summed E-state index contributed by atoms with van der Waals surface area (Å²) < 4.78 is 4.98. The first-order valence-corrected chi connectivity index (χ1v) is 6.67. The predicted molar refractivity (Wildman–Crippen MR) is 77.3 cm³/mol. The van der Waals surface area contributed by atoms with Crippen LogP contribution in [-0.2, 0) is 20.7 Å². The van der Waals surface area contributed by atoms with E-state index in [0.29, 0.717) is 13.2 Å². The molecule has 0 fully saturated rings. The van der Waals surface area contributed by atoms with Crippen molar-refractivity contribution in [3.63, 3.8) is 0 Å². The zero-order valence-corrected chi connectivity index (χ0v) is 12.3. The fourth-order valence-corrected chi connectivity index (χ4v) is 1.81. The van der Waals surface area contributed by atoms with Crippen molar-refractivity contribution < 1.29 is 14.3 Å². The number of esters is 1. The van der Waals surface area contributed by atoms with E-state index in [1.165, 1.54) is 0 Å². The number of rotatable bonds is 7. The maximum absolute atomic E-state index is 12.0. The van der Waals surface area contributed by atoms with Crippen LogP contribution < -0.4 is 5.32 Å². The van der Waals surface area contributed by atoms with Gasteiger partial charge in [0.2, 0.25) is 5.91 Å². The molecule has 110 valence electrons. The maximum Gasteiger partial charge on any atom is 0.329 e. The molecule has 0 radical (unpaired) electrons. The number of carbonyl (C=O) groups is 2. The third-order valence-corrected chi connectivity index (χ3v) is 2.66. The number of ether oxygens (including phenoxy) is 1. The van der Waals surface area contributed by atoms with Crippen LogP contribution in [0.2, 0.25) is 0 Å². The van der Waals surface area contributed by atoms with E-state index in [1.807, 2.05) is 49.3 Å². The average Bonchev–Trinajstić information content (AvgIpc) is 2.38. The van der Waals surface area contributed by atoms with Crippen molar-refractivity contribution in [3.8, 4) is 0 Å². The van der Waals surface area contributed by atoms with E-state index in [-0.39, 0.29) is 12.3 Å². The van der Waals surface area contributed by atoms with Crippen LogP contribution in [0.4, 0.5) is 0 Å². The molecule has 0 aliphatic carbocycles. The molecular formula is C15H22N2O3. The molecule has 0 heterocycles. The van der Waals surface area contributed by atoms with E-state index in [0.717, 1.165) is 5.56 Å². The third kappa shape index (κ3) is 5.84. The second-order valence-electron chi connectivity index (χ2n) is 4.80. The van der Waals surface area contributed by atoms with E-state index in [9.17, 15) is 9.59 Å². The normalized spacial score (nSPS) is 12.0. The SMILES string of the molecule is CCOC(=O)C(CN(C)C)NC(=O)Cc1ccccc1. The Hall–Kier alpha value is -1.88. The molecule has 0 bridgehead atoms. The molecule has 5 heteroatoms. The van der Waals surface area contributed by atoms with E-state index >= 15 is 0 Å². The quantitative estimate of drug-likeness (QED) is 0.751. The van der Waals surface area contributed by atoms with E-state index in [2.05, 4.69) is 5.32 Å². The van der Waals surface area contributed by atoms with Gasteiger partial charge in [-0.1, -0.05) is 30.3 Å². The van der Waals surface area contributed by atoms with Crippen LogP contribution >= 0.6 is 0 Å². The fraction of sp³-hybridized carbons (Fsp3) is 0.467. The molecule has 5 nitrogen and oxygen atoms in total. The van der Waals surface area contributed by atoms with Gasteiger partial charge in [-0.05, 0) is 26.6 Å². The summed E-state index contributed by atoms with van der Waals surface area (Å²) in [6, 6.07) is 8.78. The van der Waals surface area contributed by atoms with Crippen LogP contribution in [0, 0.1) is 0 Å². The summed E-state index contributed by atoms with van der Waals surface area (Å²) in [6.07, 6.45) is 0.254. The molecule has 0 aromatic heterocycles. The molecule has 1 unspecified atom stereocenters. The number of benzene rings is 1. The zero-order valence-electron chi connectivity index (χ0n) is 12.3. The lowest BCUT2D eigenvalue weighted by Gasteiger charge is -2.20. The minimum atomic E-state index is -0.638. The van der Waals surface area contributed by atoms with Gasteiger partial charge in [0.1, 0.15) is 6.04 Å². The van der Waals surface area contributed by atoms with Crippen LogP contribution in [0.5, 0.6) is 0 Å². The van der Waals surface area contributed by atoms with Crippen LogP contribution in [0.15, 0.2) is 30.3 Å². The van der Waals surface area contributed by atoms with Crippen molar-refractivity contribution in [2.45, 2.75) is 19.4 Å².